The van der Waals surface area contributed by atoms with E-state index in [0.29, 0.717) is 11.5 Å². The van der Waals surface area contributed by atoms with E-state index in [4.69, 9.17) is 5.73 Å². The Morgan fingerprint density at radius 3 is 2.71 bits per heavy atom. The molecular formula is C18H21FN2. The molecular weight excluding hydrogens is 263 g/mol. The molecule has 1 heterocycles. The Kier molecular flexibility index (Phi) is 4.32. The van der Waals surface area contributed by atoms with Crippen LogP contribution < -0.4 is 5.73 Å². The van der Waals surface area contributed by atoms with Gasteiger partial charge in [0.05, 0.1) is 0 Å². The minimum Gasteiger partial charge on any atom is -0.326 e. The highest BCUT2D eigenvalue weighted by atomic mass is 19.1. The molecule has 110 valence electrons. The lowest BCUT2D eigenvalue weighted by atomic mass is 9.99. The van der Waals surface area contributed by atoms with Crippen molar-refractivity contribution in [1.29, 1.82) is 0 Å². The van der Waals surface area contributed by atoms with E-state index >= 15 is 0 Å². The highest BCUT2D eigenvalue weighted by Crippen LogP contribution is 2.28. The zero-order chi connectivity index (χ0) is 14.7. The maximum atomic E-state index is 13.5. The van der Waals surface area contributed by atoms with Gasteiger partial charge < -0.3 is 5.73 Å². The van der Waals surface area contributed by atoms with Gasteiger partial charge in [0.25, 0.3) is 0 Å². The molecule has 0 spiro atoms. The van der Waals surface area contributed by atoms with Crippen LogP contribution in [-0.2, 0) is 13.1 Å². The van der Waals surface area contributed by atoms with Crippen molar-refractivity contribution >= 4 is 0 Å². The molecule has 2 nitrogen and oxygen atoms in total. The predicted molar refractivity (Wildman–Crippen MR) is 83.4 cm³/mol. The van der Waals surface area contributed by atoms with Crippen LogP contribution in [0.4, 0.5) is 4.39 Å². The molecule has 2 aromatic rings. The Morgan fingerprint density at radius 2 is 1.95 bits per heavy atom. The fraction of sp³-hybridized carbons (Fsp3) is 0.333. The van der Waals surface area contributed by atoms with Gasteiger partial charge in [-0.3, -0.25) is 4.90 Å². The summed E-state index contributed by atoms with van der Waals surface area (Å²) >= 11 is 0. The van der Waals surface area contributed by atoms with E-state index in [-0.39, 0.29) is 12.4 Å². The van der Waals surface area contributed by atoms with Crippen molar-refractivity contribution in [1.82, 2.24) is 4.90 Å². The number of likely N-dealkylation sites (tertiary alicyclic amines) is 1. The van der Waals surface area contributed by atoms with Crippen LogP contribution in [0.5, 0.6) is 0 Å². The number of benzene rings is 2. The fourth-order valence-electron chi connectivity index (χ4n) is 3.11. The summed E-state index contributed by atoms with van der Waals surface area (Å²) in [7, 11) is 0. The van der Waals surface area contributed by atoms with E-state index in [1.807, 2.05) is 12.1 Å². The zero-order valence-electron chi connectivity index (χ0n) is 12.1. The summed E-state index contributed by atoms with van der Waals surface area (Å²) in [5.74, 6) is 0.408. The Balaban J connectivity index is 1.65. The van der Waals surface area contributed by atoms with Crippen LogP contribution in [0.25, 0.3) is 0 Å². The van der Waals surface area contributed by atoms with E-state index in [2.05, 4.69) is 35.2 Å². The van der Waals surface area contributed by atoms with Gasteiger partial charge in [-0.1, -0.05) is 42.5 Å². The number of nitrogens with two attached hydrogens (primary N) is 1. The molecule has 0 bridgehead atoms. The van der Waals surface area contributed by atoms with Crippen molar-refractivity contribution in [2.45, 2.75) is 25.4 Å². The number of hydrogen-bond donors (Lipinski definition) is 1. The van der Waals surface area contributed by atoms with Gasteiger partial charge in [0.1, 0.15) is 5.82 Å². The smallest absolute Gasteiger partial charge is 0.127 e. The topological polar surface area (TPSA) is 29.3 Å². The summed E-state index contributed by atoms with van der Waals surface area (Å²) < 4.78 is 13.5. The highest BCUT2D eigenvalue weighted by molar-refractivity contribution is 5.26. The van der Waals surface area contributed by atoms with E-state index in [9.17, 15) is 4.39 Å². The second kappa shape index (κ2) is 6.37. The van der Waals surface area contributed by atoms with Crippen molar-refractivity contribution in [3.8, 4) is 0 Å². The van der Waals surface area contributed by atoms with Gasteiger partial charge in [0, 0.05) is 25.2 Å². The SMILES string of the molecule is NCc1cc(CN2CCC(c3ccccc3)C2)ccc1F. The van der Waals surface area contributed by atoms with Gasteiger partial charge in [-0.2, -0.15) is 0 Å². The Hall–Kier alpha value is -1.71. The number of nitrogens with zero attached hydrogens (tertiary/aromatic N) is 1. The molecule has 3 rings (SSSR count). The predicted octanol–water partition coefficient (Wildman–Crippen LogP) is 3.27. The molecule has 2 aromatic carbocycles. The van der Waals surface area contributed by atoms with Gasteiger partial charge in [0.2, 0.25) is 0 Å². The molecule has 1 saturated heterocycles. The first-order chi connectivity index (χ1) is 10.3. The molecule has 1 aliphatic rings. The van der Waals surface area contributed by atoms with Crippen molar-refractivity contribution in [3.63, 3.8) is 0 Å². The summed E-state index contributed by atoms with van der Waals surface area (Å²) in [6.45, 7) is 3.29. The van der Waals surface area contributed by atoms with Crippen LogP contribution >= 0.6 is 0 Å². The van der Waals surface area contributed by atoms with E-state index in [0.717, 1.165) is 25.2 Å². The third-order valence-electron chi connectivity index (χ3n) is 4.28. The first-order valence-corrected chi connectivity index (χ1v) is 7.51. The minimum absolute atomic E-state index is 0.204. The zero-order valence-corrected chi connectivity index (χ0v) is 12.1. The molecule has 2 N–H and O–H groups in total. The molecule has 0 saturated carbocycles. The van der Waals surface area contributed by atoms with Crippen LogP contribution in [-0.4, -0.2) is 18.0 Å². The van der Waals surface area contributed by atoms with Gasteiger partial charge in [-0.15, -0.1) is 0 Å². The summed E-state index contributed by atoms with van der Waals surface area (Å²) in [5.41, 5.74) is 8.74. The lowest BCUT2D eigenvalue weighted by Gasteiger charge is -2.17. The average Bonchev–Trinajstić information content (AvgIpc) is 2.98. The Bertz CT molecular complexity index is 597. The molecule has 0 radical (unpaired) electrons. The molecule has 0 aliphatic carbocycles. The first-order valence-electron chi connectivity index (χ1n) is 7.51. The van der Waals surface area contributed by atoms with Gasteiger partial charge >= 0.3 is 0 Å². The van der Waals surface area contributed by atoms with Crippen LogP contribution in [0.3, 0.4) is 0 Å². The van der Waals surface area contributed by atoms with Gasteiger partial charge in [0.15, 0.2) is 0 Å². The molecule has 3 heteroatoms. The molecule has 0 amide bonds. The molecule has 1 unspecified atom stereocenters. The molecule has 1 aliphatic heterocycles. The van der Waals surface area contributed by atoms with Crippen LogP contribution in [0, 0.1) is 5.82 Å². The van der Waals surface area contributed by atoms with E-state index in [1.54, 1.807) is 0 Å². The molecule has 1 atom stereocenters. The maximum Gasteiger partial charge on any atom is 0.127 e. The summed E-state index contributed by atoms with van der Waals surface area (Å²) in [6, 6.07) is 16.0. The first kappa shape index (κ1) is 14.2. The van der Waals surface area contributed by atoms with E-state index in [1.165, 1.54) is 18.1 Å². The Labute approximate surface area is 125 Å². The third kappa shape index (κ3) is 3.31. The van der Waals surface area contributed by atoms with Crippen molar-refractivity contribution < 1.29 is 4.39 Å². The Morgan fingerprint density at radius 1 is 1.14 bits per heavy atom. The molecule has 21 heavy (non-hydrogen) atoms. The normalized spacial score (nSPS) is 19.0. The third-order valence-corrected chi connectivity index (χ3v) is 4.28. The average molecular weight is 284 g/mol. The lowest BCUT2D eigenvalue weighted by molar-refractivity contribution is 0.326. The second-order valence-electron chi connectivity index (χ2n) is 5.76. The molecule has 1 fully saturated rings. The van der Waals surface area contributed by atoms with Crippen molar-refractivity contribution in [2.75, 3.05) is 13.1 Å². The fourth-order valence-corrected chi connectivity index (χ4v) is 3.11. The van der Waals surface area contributed by atoms with Crippen LogP contribution in [0.2, 0.25) is 0 Å². The van der Waals surface area contributed by atoms with Gasteiger partial charge in [-0.25, -0.2) is 4.39 Å². The highest BCUT2D eigenvalue weighted by Gasteiger charge is 2.23. The largest absolute Gasteiger partial charge is 0.326 e. The minimum atomic E-state index is -0.204. The summed E-state index contributed by atoms with van der Waals surface area (Å²) in [4.78, 5) is 2.44. The van der Waals surface area contributed by atoms with Gasteiger partial charge in [-0.05, 0) is 36.1 Å². The number of rotatable bonds is 4. The van der Waals surface area contributed by atoms with Crippen LogP contribution in [0.15, 0.2) is 48.5 Å². The van der Waals surface area contributed by atoms with Crippen molar-refractivity contribution in [2.24, 2.45) is 5.73 Å². The quantitative estimate of drug-likeness (QED) is 0.933. The summed E-state index contributed by atoms with van der Waals surface area (Å²) in [5, 5.41) is 0. The lowest BCUT2D eigenvalue weighted by Crippen LogP contribution is -2.20. The maximum absolute atomic E-state index is 13.5. The van der Waals surface area contributed by atoms with Crippen molar-refractivity contribution in [3.05, 3.63) is 71.0 Å². The van der Waals surface area contributed by atoms with E-state index < -0.39 is 0 Å². The van der Waals surface area contributed by atoms with Crippen LogP contribution in [0.1, 0.15) is 29.0 Å². The second-order valence-corrected chi connectivity index (χ2v) is 5.76. The summed E-state index contributed by atoms with van der Waals surface area (Å²) in [6.07, 6.45) is 1.19. The standard InChI is InChI=1S/C18H21FN2/c19-18-7-6-14(10-17(18)11-20)12-21-9-8-16(13-21)15-4-2-1-3-5-15/h1-7,10,16H,8-9,11-13,20H2. The number of halogens is 1. The number of hydrogen-bond acceptors (Lipinski definition) is 2. The monoisotopic (exact) mass is 284 g/mol. The molecule has 0 aromatic heterocycles.